The van der Waals surface area contributed by atoms with Gasteiger partial charge < -0.3 is 4.90 Å². The first kappa shape index (κ1) is 36.1. The largest absolute Gasteiger partial charge is 0.310 e. The third-order valence-electron chi connectivity index (χ3n) is 13.8. The first-order valence-electron chi connectivity index (χ1n) is 21.7. The molecule has 0 fully saturated rings. The molecule has 0 saturated carbocycles. The highest BCUT2D eigenvalue weighted by Crippen LogP contribution is 2.58. The lowest BCUT2D eigenvalue weighted by molar-refractivity contribution is 0.714. The van der Waals surface area contributed by atoms with Crippen LogP contribution in [-0.2, 0) is 10.8 Å². The Morgan fingerprint density at radius 3 is 1.47 bits per heavy atom. The molecule has 12 rings (SSSR count). The Bertz CT molecular complexity index is 3270. The zero-order chi connectivity index (χ0) is 41.3. The van der Waals surface area contributed by atoms with E-state index in [2.05, 4.69) is 254 Å². The summed E-state index contributed by atoms with van der Waals surface area (Å²) in [6, 6.07) is 90.0. The minimum Gasteiger partial charge on any atom is -0.310 e. The molecule has 0 amide bonds. The smallest absolute Gasteiger partial charge is 0.0714 e. The molecule has 1 unspecified atom stereocenters. The van der Waals surface area contributed by atoms with E-state index in [4.69, 9.17) is 0 Å². The van der Waals surface area contributed by atoms with Crippen LogP contribution in [0.25, 0.3) is 44.2 Å². The van der Waals surface area contributed by atoms with Crippen LogP contribution >= 0.6 is 0 Å². The fraction of sp³-hybridized carbons (Fsp3) is 0.0492. The Hall–Kier alpha value is -7.74. The third kappa shape index (κ3) is 5.28. The van der Waals surface area contributed by atoms with Gasteiger partial charge in [-0.2, -0.15) is 0 Å². The van der Waals surface area contributed by atoms with Crippen LogP contribution in [0.2, 0.25) is 0 Å². The first-order chi connectivity index (χ1) is 30.6. The van der Waals surface area contributed by atoms with Gasteiger partial charge in [-0.05, 0) is 126 Å². The summed E-state index contributed by atoms with van der Waals surface area (Å²) >= 11 is 0. The number of hydrogen-bond donors (Lipinski definition) is 0. The van der Waals surface area contributed by atoms with Crippen molar-refractivity contribution in [2.75, 3.05) is 4.90 Å². The van der Waals surface area contributed by atoms with Crippen molar-refractivity contribution < 1.29 is 0 Å². The van der Waals surface area contributed by atoms with Gasteiger partial charge in [-0.15, -0.1) is 0 Å². The number of anilines is 3. The summed E-state index contributed by atoms with van der Waals surface area (Å²) < 4.78 is 0. The average Bonchev–Trinajstić information content (AvgIpc) is 3.79. The minimum atomic E-state index is -0.521. The van der Waals surface area contributed by atoms with Crippen LogP contribution in [0.3, 0.4) is 0 Å². The second kappa shape index (κ2) is 14.2. The maximum atomic E-state index is 2.49. The summed E-state index contributed by atoms with van der Waals surface area (Å²) in [5.41, 5.74) is 19.1. The summed E-state index contributed by atoms with van der Waals surface area (Å²) in [7, 11) is 0. The van der Waals surface area contributed by atoms with Gasteiger partial charge in [0.25, 0.3) is 0 Å². The highest BCUT2D eigenvalue weighted by molar-refractivity contribution is 5.98. The molecule has 0 heterocycles. The molecule has 2 aliphatic rings. The highest BCUT2D eigenvalue weighted by Gasteiger charge is 2.46. The Balaban J connectivity index is 1.13. The fourth-order valence-corrected chi connectivity index (χ4v) is 11.0. The van der Waals surface area contributed by atoms with Gasteiger partial charge in [-0.3, -0.25) is 0 Å². The predicted octanol–water partition coefficient (Wildman–Crippen LogP) is 15.7. The molecule has 0 bridgehead atoms. The van der Waals surface area contributed by atoms with Crippen molar-refractivity contribution in [2.45, 2.75) is 17.8 Å². The number of rotatable bonds is 7. The molecule has 1 atom stereocenters. The van der Waals surface area contributed by atoms with Crippen LogP contribution in [0.15, 0.2) is 243 Å². The molecule has 1 nitrogen and oxygen atoms in total. The number of nitrogens with zero attached hydrogens (tertiary/aromatic N) is 1. The quantitative estimate of drug-likeness (QED) is 0.155. The third-order valence-corrected chi connectivity index (χ3v) is 13.8. The van der Waals surface area contributed by atoms with E-state index in [1.54, 1.807) is 0 Å². The molecule has 0 spiro atoms. The molecular formula is C61H43N. The molecule has 0 radical (unpaired) electrons. The lowest BCUT2D eigenvalue weighted by Crippen LogP contribution is -2.28. The Kier molecular flexibility index (Phi) is 8.27. The van der Waals surface area contributed by atoms with Gasteiger partial charge in [0.2, 0.25) is 0 Å². The van der Waals surface area contributed by atoms with Gasteiger partial charge in [0.15, 0.2) is 0 Å². The molecular weight excluding hydrogens is 747 g/mol. The second-order valence-corrected chi connectivity index (χ2v) is 16.9. The topological polar surface area (TPSA) is 3.24 Å². The van der Waals surface area contributed by atoms with E-state index in [9.17, 15) is 0 Å². The Labute approximate surface area is 363 Å². The lowest BCUT2D eigenvalue weighted by Gasteiger charge is -2.35. The van der Waals surface area contributed by atoms with E-state index in [0.717, 1.165) is 17.1 Å². The highest BCUT2D eigenvalue weighted by atomic mass is 15.1. The van der Waals surface area contributed by atoms with Gasteiger partial charge in [-0.25, -0.2) is 0 Å². The average molecular weight is 790 g/mol. The number of fused-ring (bicyclic) bond motifs is 7. The predicted molar refractivity (Wildman–Crippen MR) is 259 cm³/mol. The molecule has 0 aliphatic heterocycles. The minimum absolute atomic E-state index is 0.338. The van der Waals surface area contributed by atoms with E-state index in [1.807, 2.05) is 0 Å². The van der Waals surface area contributed by atoms with Crippen LogP contribution < -0.4 is 4.90 Å². The molecule has 292 valence electrons. The van der Waals surface area contributed by atoms with E-state index >= 15 is 0 Å². The summed E-state index contributed by atoms with van der Waals surface area (Å²) in [4.78, 5) is 2.49. The SMILES string of the molecule is CC1(c2ccccc2)c2ccccc2-c2ccc(N(c3cccc(-c4cccc5ccccc45)c3)c3ccc4c(c3)C(c3ccccc3)(c3ccccc3)c3ccccc3-4)cc21. The lowest BCUT2D eigenvalue weighted by atomic mass is 9.67. The van der Waals surface area contributed by atoms with Crippen molar-refractivity contribution in [3.8, 4) is 33.4 Å². The van der Waals surface area contributed by atoms with Crippen LogP contribution in [-0.4, -0.2) is 0 Å². The Morgan fingerprint density at radius 2 is 0.774 bits per heavy atom. The van der Waals surface area contributed by atoms with Crippen LogP contribution in [0.5, 0.6) is 0 Å². The first-order valence-corrected chi connectivity index (χ1v) is 21.7. The van der Waals surface area contributed by atoms with Gasteiger partial charge in [-0.1, -0.05) is 206 Å². The zero-order valence-electron chi connectivity index (χ0n) is 34.5. The summed E-state index contributed by atoms with van der Waals surface area (Å²) in [5, 5.41) is 2.49. The standard InChI is InChI=1S/C61H43N/c1-60(44-22-5-2-6-23-44)56-33-15-13-30-52(56)54-37-35-48(40-58(54)60)62(47-28-17-21-43(39-47)51-32-18-20-42-19-11-12-29-50(42)51)49-36-38-55-53-31-14-16-34-57(53)61(59(55)41-49,45-24-7-3-8-25-45)46-26-9-4-10-27-46/h2-41H,1H3. The summed E-state index contributed by atoms with van der Waals surface area (Å²) in [5.74, 6) is 0. The maximum absolute atomic E-state index is 2.49. The zero-order valence-corrected chi connectivity index (χ0v) is 34.5. The molecule has 10 aromatic carbocycles. The van der Waals surface area contributed by atoms with Gasteiger partial charge in [0.1, 0.15) is 0 Å². The van der Waals surface area contributed by atoms with Crippen LogP contribution in [0.1, 0.15) is 45.9 Å². The molecule has 0 N–H and O–H groups in total. The molecule has 10 aromatic rings. The summed E-state index contributed by atoms with van der Waals surface area (Å²) in [6.45, 7) is 2.41. The van der Waals surface area contributed by atoms with Crippen molar-refractivity contribution in [3.63, 3.8) is 0 Å². The second-order valence-electron chi connectivity index (χ2n) is 16.9. The number of benzene rings is 10. The van der Waals surface area contributed by atoms with E-state index in [-0.39, 0.29) is 5.41 Å². The van der Waals surface area contributed by atoms with Gasteiger partial charge in [0.05, 0.1) is 5.41 Å². The summed E-state index contributed by atoms with van der Waals surface area (Å²) in [6.07, 6.45) is 0. The normalized spacial score (nSPS) is 15.4. The van der Waals surface area contributed by atoms with Crippen molar-refractivity contribution >= 4 is 27.8 Å². The fourth-order valence-electron chi connectivity index (χ4n) is 11.0. The molecule has 0 aromatic heterocycles. The molecule has 62 heavy (non-hydrogen) atoms. The van der Waals surface area contributed by atoms with Crippen molar-refractivity contribution in [2.24, 2.45) is 0 Å². The monoisotopic (exact) mass is 789 g/mol. The van der Waals surface area contributed by atoms with Crippen molar-refractivity contribution in [1.82, 2.24) is 0 Å². The van der Waals surface area contributed by atoms with E-state index in [0.29, 0.717) is 0 Å². The molecule has 1 heteroatoms. The van der Waals surface area contributed by atoms with Gasteiger partial charge >= 0.3 is 0 Å². The van der Waals surface area contributed by atoms with Crippen molar-refractivity contribution in [1.29, 1.82) is 0 Å². The van der Waals surface area contributed by atoms with Gasteiger partial charge in [0, 0.05) is 22.5 Å². The molecule has 0 saturated heterocycles. The van der Waals surface area contributed by atoms with E-state index in [1.165, 1.54) is 83.1 Å². The van der Waals surface area contributed by atoms with Crippen molar-refractivity contribution in [3.05, 3.63) is 282 Å². The van der Waals surface area contributed by atoms with E-state index < -0.39 is 5.41 Å². The Morgan fingerprint density at radius 1 is 0.306 bits per heavy atom. The maximum Gasteiger partial charge on any atom is 0.0714 e. The van der Waals surface area contributed by atoms with Crippen LogP contribution in [0, 0.1) is 0 Å². The van der Waals surface area contributed by atoms with Crippen LogP contribution in [0.4, 0.5) is 17.1 Å². The number of hydrogen-bond acceptors (Lipinski definition) is 1. The molecule has 2 aliphatic carbocycles.